The topological polar surface area (TPSA) is 52.2 Å². The molecular weight excluding hydrogens is 214 g/mol. The summed E-state index contributed by atoms with van der Waals surface area (Å²) < 4.78 is 0. The molecule has 2 N–H and O–H groups in total. The van der Waals surface area contributed by atoms with Crippen molar-refractivity contribution >= 4 is 0 Å². The second kappa shape index (κ2) is 5.65. The van der Waals surface area contributed by atoms with Gasteiger partial charge in [0.25, 0.3) is 0 Å². The molecule has 0 unspecified atom stereocenters. The molecule has 2 atom stereocenters. The molecule has 0 bridgehead atoms. The van der Waals surface area contributed by atoms with E-state index in [4.69, 9.17) is 0 Å². The van der Waals surface area contributed by atoms with Gasteiger partial charge in [-0.1, -0.05) is 13.3 Å². The molecule has 0 saturated carbocycles. The van der Waals surface area contributed by atoms with Gasteiger partial charge in [0.2, 0.25) is 0 Å². The standard InChI is InChI=1S/C13H23N3O/c1-3-4-5-16-8-11(13(17)9-16)7-12-6-10(2)14-15-12/h6,11,13,17H,3-5,7-9H2,1-2H3,(H,14,15)/t11-,13-/m1/s1. The first kappa shape index (κ1) is 12.6. The van der Waals surface area contributed by atoms with Gasteiger partial charge in [0.1, 0.15) is 0 Å². The van der Waals surface area contributed by atoms with Crippen LogP contribution < -0.4 is 0 Å². The van der Waals surface area contributed by atoms with E-state index in [0.717, 1.165) is 37.4 Å². The molecule has 1 aromatic rings. The summed E-state index contributed by atoms with van der Waals surface area (Å²) in [4.78, 5) is 2.37. The fourth-order valence-electron chi connectivity index (χ4n) is 2.55. The van der Waals surface area contributed by atoms with E-state index in [2.05, 4.69) is 28.1 Å². The maximum Gasteiger partial charge on any atom is 0.0711 e. The molecule has 0 spiro atoms. The van der Waals surface area contributed by atoms with Crippen LogP contribution in [0.5, 0.6) is 0 Å². The number of nitrogens with one attached hydrogen (secondary N) is 1. The van der Waals surface area contributed by atoms with Gasteiger partial charge in [-0.3, -0.25) is 5.10 Å². The molecule has 2 heterocycles. The Morgan fingerprint density at radius 3 is 3.00 bits per heavy atom. The zero-order chi connectivity index (χ0) is 12.3. The summed E-state index contributed by atoms with van der Waals surface area (Å²) in [5.41, 5.74) is 2.17. The van der Waals surface area contributed by atoms with E-state index in [1.54, 1.807) is 0 Å². The van der Waals surface area contributed by atoms with E-state index >= 15 is 0 Å². The van der Waals surface area contributed by atoms with Crippen molar-refractivity contribution in [3.63, 3.8) is 0 Å². The molecule has 1 saturated heterocycles. The lowest BCUT2D eigenvalue weighted by molar-refractivity contribution is 0.141. The highest BCUT2D eigenvalue weighted by atomic mass is 16.3. The van der Waals surface area contributed by atoms with Gasteiger partial charge in [-0.15, -0.1) is 0 Å². The summed E-state index contributed by atoms with van der Waals surface area (Å²) in [6.45, 7) is 7.16. The Morgan fingerprint density at radius 1 is 1.53 bits per heavy atom. The first-order chi connectivity index (χ1) is 8.19. The zero-order valence-corrected chi connectivity index (χ0v) is 10.8. The fraction of sp³-hybridized carbons (Fsp3) is 0.769. The molecule has 1 aliphatic rings. The first-order valence-electron chi connectivity index (χ1n) is 6.60. The molecule has 4 heteroatoms. The van der Waals surface area contributed by atoms with Crippen LogP contribution in [-0.2, 0) is 6.42 Å². The van der Waals surface area contributed by atoms with Crippen LogP contribution in [0.15, 0.2) is 6.07 Å². The van der Waals surface area contributed by atoms with Crippen molar-refractivity contribution in [3.8, 4) is 0 Å². The monoisotopic (exact) mass is 237 g/mol. The maximum atomic E-state index is 10.0. The van der Waals surface area contributed by atoms with Gasteiger partial charge >= 0.3 is 0 Å². The van der Waals surface area contributed by atoms with Gasteiger partial charge in [-0.25, -0.2) is 0 Å². The highest BCUT2D eigenvalue weighted by Crippen LogP contribution is 2.21. The fourth-order valence-corrected chi connectivity index (χ4v) is 2.55. The van der Waals surface area contributed by atoms with Crippen LogP contribution in [0.1, 0.15) is 31.2 Å². The van der Waals surface area contributed by atoms with Gasteiger partial charge in [0, 0.05) is 24.7 Å². The Labute approximate surface area is 103 Å². The highest BCUT2D eigenvalue weighted by molar-refractivity contribution is 5.08. The molecule has 1 aliphatic heterocycles. The van der Waals surface area contributed by atoms with Crippen molar-refractivity contribution in [3.05, 3.63) is 17.5 Å². The van der Waals surface area contributed by atoms with E-state index in [1.807, 2.05) is 6.92 Å². The lowest BCUT2D eigenvalue weighted by atomic mass is 10.0. The van der Waals surface area contributed by atoms with E-state index in [0.29, 0.717) is 5.92 Å². The maximum absolute atomic E-state index is 10.0. The molecule has 4 nitrogen and oxygen atoms in total. The van der Waals surface area contributed by atoms with Crippen molar-refractivity contribution in [2.75, 3.05) is 19.6 Å². The van der Waals surface area contributed by atoms with Crippen LogP contribution in [0.2, 0.25) is 0 Å². The van der Waals surface area contributed by atoms with Crippen LogP contribution >= 0.6 is 0 Å². The molecular formula is C13H23N3O. The molecule has 96 valence electrons. The average Bonchev–Trinajstić information content (AvgIpc) is 2.84. The number of rotatable bonds is 5. The lowest BCUT2D eigenvalue weighted by Crippen LogP contribution is -2.22. The highest BCUT2D eigenvalue weighted by Gasteiger charge is 2.31. The van der Waals surface area contributed by atoms with E-state index < -0.39 is 0 Å². The minimum absolute atomic E-state index is 0.191. The van der Waals surface area contributed by atoms with Crippen LogP contribution in [0.4, 0.5) is 0 Å². The van der Waals surface area contributed by atoms with E-state index in [9.17, 15) is 5.11 Å². The zero-order valence-electron chi connectivity index (χ0n) is 10.8. The Morgan fingerprint density at radius 2 is 2.35 bits per heavy atom. The summed E-state index contributed by atoms with van der Waals surface area (Å²) in [6.07, 6.45) is 3.13. The Kier molecular flexibility index (Phi) is 4.18. The average molecular weight is 237 g/mol. The minimum atomic E-state index is -0.191. The van der Waals surface area contributed by atoms with Gasteiger partial charge in [-0.05, 0) is 32.4 Å². The predicted molar refractivity (Wildman–Crippen MR) is 67.9 cm³/mol. The first-order valence-corrected chi connectivity index (χ1v) is 6.60. The molecule has 0 aliphatic carbocycles. The van der Waals surface area contributed by atoms with E-state index in [-0.39, 0.29) is 6.10 Å². The van der Waals surface area contributed by atoms with Gasteiger partial charge in [0.05, 0.1) is 11.8 Å². The molecule has 17 heavy (non-hydrogen) atoms. The third kappa shape index (κ3) is 3.30. The van der Waals surface area contributed by atoms with Crippen molar-refractivity contribution in [1.82, 2.24) is 15.1 Å². The molecule has 0 aromatic carbocycles. The number of unbranched alkanes of at least 4 members (excludes halogenated alkanes) is 1. The second-order valence-corrected chi connectivity index (χ2v) is 5.19. The second-order valence-electron chi connectivity index (χ2n) is 5.19. The molecule has 0 amide bonds. The smallest absolute Gasteiger partial charge is 0.0711 e. The third-order valence-corrected chi connectivity index (χ3v) is 3.54. The summed E-state index contributed by atoms with van der Waals surface area (Å²) in [5, 5.41) is 17.3. The van der Waals surface area contributed by atoms with Crippen LogP contribution in [-0.4, -0.2) is 45.9 Å². The Hall–Kier alpha value is -0.870. The number of likely N-dealkylation sites (tertiary alicyclic amines) is 1. The quantitative estimate of drug-likeness (QED) is 0.813. The number of H-pyrrole nitrogens is 1. The summed E-state index contributed by atoms with van der Waals surface area (Å²) in [5.74, 6) is 0.342. The SMILES string of the molecule is CCCCN1C[C@@H](Cc2cc(C)[nH]n2)[C@H](O)C1. The van der Waals surface area contributed by atoms with Crippen molar-refractivity contribution in [2.24, 2.45) is 5.92 Å². The Balaban J connectivity index is 1.85. The van der Waals surface area contributed by atoms with Gasteiger partial charge < -0.3 is 10.0 Å². The largest absolute Gasteiger partial charge is 0.391 e. The number of nitrogens with zero attached hydrogens (tertiary/aromatic N) is 2. The minimum Gasteiger partial charge on any atom is -0.391 e. The van der Waals surface area contributed by atoms with Crippen LogP contribution in [0.3, 0.4) is 0 Å². The van der Waals surface area contributed by atoms with E-state index in [1.165, 1.54) is 12.8 Å². The lowest BCUT2D eigenvalue weighted by Gasteiger charge is -2.14. The van der Waals surface area contributed by atoms with Crippen LogP contribution in [0, 0.1) is 12.8 Å². The molecule has 2 rings (SSSR count). The number of aliphatic hydroxyl groups is 1. The van der Waals surface area contributed by atoms with Crippen LogP contribution in [0.25, 0.3) is 0 Å². The number of aliphatic hydroxyl groups excluding tert-OH is 1. The van der Waals surface area contributed by atoms with Gasteiger partial charge in [0.15, 0.2) is 0 Å². The predicted octanol–water partition coefficient (Wildman–Crippen LogP) is 1.35. The molecule has 1 aromatic heterocycles. The summed E-state index contributed by atoms with van der Waals surface area (Å²) >= 11 is 0. The summed E-state index contributed by atoms with van der Waals surface area (Å²) in [7, 11) is 0. The third-order valence-electron chi connectivity index (χ3n) is 3.54. The van der Waals surface area contributed by atoms with Crippen molar-refractivity contribution in [2.45, 2.75) is 39.2 Å². The Bertz CT molecular complexity index is 350. The number of aromatic amines is 1. The van der Waals surface area contributed by atoms with Crippen molar-refractivity contribution < 1.29 is 5.11 Å². The summed E-state index contributed by atoms with van der Waals surface area (Å²) in [6, 6.07) is 2.07. The number of aryl methyl sites for hydroxylation is 1. The molecule has 1 fully saturated rings. The number of aromatic nitrogens is 2. The number of hydrogen-bond donors (Lipinski definition) is 2. The number of β-amino-alcohol motifs (C(OH)–C–C–N with tert-alkyl or cyclic N) is 1. The molecule has 0 radical (unpaired) electrons. The number of hydrogen-bond acceptors (Lipinski definition) is 3. The van der Waals surface area contributed by atoms with Crippen molar-refractivity contribution in [1.29, 1.82) is 0 Å². The van der Waals surface area contributed by atoms with Gasteiger partial charge in [-0.2, -0.15) is 5.10 Å². The normalized spacial score (nSPS) is 25.6.